The Morgan fingerprint density at radius 3 is 2.21 bits per heavy atom. The molecule has 0 heterocycles. The standard InChI is InChI=1S/C22H28N2O4/c1-16(19-10-12-20(28-4)13-11-19)24(17(2)25)21(15-27-3)22(26)23-14-18-8-6-5-7-9-18/h5-13,16,21H,14-15H2,1-4H3,(H,23,26)/t16-,21+/m1/s1. The maximum atomic E-state index is 12.9. The first kappa shape index (κ1) is 21.4. The lowest BCUT2D eigenvalue weighted by Crippen LogP contribution is -2.52. The smallest absolute Gasteiger partial charge is 0.245 e. The molecule has 0 saturated heterocycles. The second-order valence-electron chi connectivity index (χ2n) is 6.55. The topological polar surface area (TPSA) is 67.9 Å². The van der Waals surface area contributed by atoms with E-state index in [0.29, 0.717) is 6.54 Å². The van der Waals surface area contributed by atoms with E-state index in [1.165, 1.54) is 14.0 Å². The Hall–Kier alpha value is -2.86. The van der Waals surface area contributed by atoms with Crippen LogP contribution in [0.4, 0.5) is 0 Å². The van der Waals surface area contributed by atoms with Crippen LogP contribution in [0, 0.1) is 0 Å². The Morgan fingerprint density at radius 2 is 1.68 bits per heavy atom. The zero-order valence-corrected chi connectivity index (χ0v) is 16.8. The molecule has 0 radical (unpaired) electrons. The van der Waals surface area contributed by atoms with Crippen molar-refractivity contribution in [3.63, 3.8) is 0 Å². The molecule has 150 valence electrons. The van der Waals surface area contributed by atoms with Crippen molar-refractivity contribution in [2.24, 2.45) is 0 Å². The van der Waals surface area contributed by atoms with Crippen molar-refractivity contribution in [3.05, 3.63) is 65.7 Å². The van der Waals surface area contributed by atoms with Gasteiger partial charge in [-0.15, -0.1) is 0 Å². The predicted octanol–water partition coefficient (Wildman–Crippen LogP) is 2.94. The molecule has 0 unspecified atom stereocenters. The predicted molar refractivity (Wildman–Crippen MR) is 108 cm³/mol. The van der Waals surface area contributed by atoms with Gasteiger partial charge in [-0.3, -0.25) is 9.59 Å². The van der Waals surface area contributed by atoms with Crippen LogP contribution in [0.5, 0.6) is 5.75 Å². The van der Waals surface area contributed by atoms with Crippen LogP contribution in [0.3, 0.4) is 0 Å². The fraction of sp³-hybridized carbons (Fsp3) is 0.364. The van der Waals surface area contributed by atoms with E-state index in [-0.39, 0.29) is 24.5 Å². The van der Waals surface area contributed by atoms with Crippen LogP contribution in [0.2, 0.25) is 0 Å². The minimum Gasteiger partial charge on any atom is -0.497 e. The SMILES string of the molecule is COC[C@@H](C(=O)NCc1ccccc1)N(C(C)=O)[C@H](C)c1ccc(OC)cc1. The first-order valence-corrected chi connectivity index (χ1v) is 9.21. The highest BCUT2D eigenvalue weighted by molar-refractivity contribution is 5.87. The van der Waals surface area contributed by atoms with Gasteiger partial charge in [0.25, 0.3) is 0 Å². The van der Waals surface area contributed by atoms with Gasteiger partial charge in [0, 0.05) is 20.6 Å². The lowest BCUT2D eigenvalue weighted by atomic mass is 10.0. The molecule has 0 spiro atoms. The van der Waals surface area contributed by atoms with E-state index >= 15 is 0 Å². The molecule has 0 aliphatic rings. The first-order valence-electron chi connectivity index (χ1n) is 9.21. The maximum absolute atomic E-state index is 12.9. The number of methoxy groups -OCH3 is 2. The van der Waals surface area contributed by atoms with Gasteiger partial charge >= 0.3 is 0 Å². The molecule has 2 atom stereocenters. The Kier molecular flexibility index (Phi) is 8.02. The van der Waals surface area contributed by atoms with Gasteiger partial charge in [-0.05, 0) is 30.2 Å². The van der Waals surface area contributed by atoms with Crippen molar-refractivity contribution in [2.45, 2.75) is 32.5 Å². The highest BCUT2D eigenvalue weighted by Gasteiger charge is 2.32. The van der Waals surface area contributed by atoms with E-state index in [2.05, 4.69) is 5.32 Å². The molecule has 2 rings (SSSR count). The lowest BCUT2D eigenvalue weighted by molar-refractivity contribution is -0.143. The van der Waals surface area contributed by atoms with E-state index in [1.807, 2.05) is 61.5 Å². The van der Waals surface area contributed by atoms with Crippen LogP contribution in [0.25, 0.3) is 0 Å². The summed E-state index contributed by atoms with van der Waals surface area (Å²) in [4.78, 5) is 26.9. The minimum atomic E-state index is -0.733. The van der Waals surface area contributed by atoms with E-state index in [1.54, 1.807) is 12.0 Å². The van der Waals surface area contributed by atoms with Crippen LogP contribution in [-0.4, -0.2) is 43.6 Å². The minimum absolute atomic E-state index is 0.112. The van der Waals surface area contributed by atoms with Crippen molar-refractivity contribution in [1.82, 2.24) is 10.2 Å². The molecule has 6 nitrogen and oxygen atoms in total. The Balaban J connectivity index is 2.19. The zero-order chi connectivity index (χ0) is 20.5. The second kappa shape index (κ2) is 10.5. The van der Waals surface area contributed by atoms with Crippen molar-refractivity contribution >= 4 is 11.8 Å². The summed E-state index contributed by atoms with van der Waals surface area (Å²) < 4.78 is 10.4. The average Bonchev–Trinajstić information content (AvgIpc) is 2.72. The highest BCUT2D eigenvalue weighted by atomic mass is 16.5. The highest BCUT2D eigenvalue weighted by Crippen LogP contribution is 2.25. The largest absolute Gasteiger partial charge is 0.497 e. The van der Waals surface area contributed by atoms with Crippen LogP contribution in [0.1, 0.15) is 31.0 Å². The van der Waals surface area contributed by atoms with E-state index in [0.717, 1.165) is 16.9 Å². The summed E-state index contributed by atoms with van der Waals surface area (Å²) in [5, 5.41) is 2.91. The maximum Gasteiger partial charge on any atom is 0.245 e. The fourth-order valence-electron chi connectivity index (χ4n) is 3.15. The van der Waals surface area contributed by atoms with Gasteiger partial charge in [-0.2, -0.15) is 0 Å². The van der Waals surface area contributed by atoms with Gasteiger partial charge in [-0.1, -0.05) is 42.5 Å². The summed E-state index contributed by atoms with van der Waals surface area (Å²) in [6, 6.07) is 16.1. The fourth-order valence-corrected chi connectivity index (χ4v) is 3.15. The second-order valence-corrected chi connectivity index (χ2v) is 6.55. The van der Waals surface area contributed by atoms with Crippen molar-refractivity contribution < 1.29 is 19.1 Å². The summed E-state index contributed by atoms with van der Waals surface area (Å²) >= 11 is 0. The Labute approximate surface area is 166 Å². The van der Waals surface area contributed by atoms with Gasteiger partial charge in [0.05, 0.1) is 19.8 Å². The van der Waals surface area contributed by atoms with Crippen LogP contribution >= 0.6 is 0 Å². The number of hydrogen-bond acceptors (Lipinski definition) is 4. The van der Waals surface area contributed by atoms with E-state index in [4.69, 9.17) is 9.47 Å². The molecule has 0 aromatic heterocycles. The van der Waals surface area contributed by atoms with Gasteiger partial charge in [0.15, 0.2) is 0 Å². The Bertz CT molecular complexity index is 762. The number of carbonyl (C=O) groups excluding carboxylic acids is 2. The number of ether oxygens (including phenoxy) is 2. The van der Waals surface area contributed by atoms with Crippen molar-refractivity contribution in [1.29, 1.82) is 0 Å². The number of amides is 2. The molecule has 2 aromatic carbocycles. The van der Waals surface area contributed by atoms with Crippen molar-refractivity contribution in [2.75, 3.05) is 20.8 Å². The molecule has 0 bridgehead atoms. The average molecular weight is 384 g/mol. The zero-order valence-electron chi connectivity index (χ0n) is 16.8. The number of hydrogen-bond donors (Lipinski definition) is 1. The lowest BCUT2D eigenvalue weighted by Gasteiger charge is -2.35. The van der Waals surface area contributed by atoms with Crippen LogP contribution < -0.4 is 10.1 Å². The molecule has 28 heavy (non-hydrogen) atoms. The summed E-state index contributed by atoms with van der Waals surface area (Å²) in [7, 11) is 3.12. The van der Waals surface area contributed by atoms with Gasteiger partial charge in [0.1, 0.15) is 11.8 Å². The molecule has 6 heteroatoms. The van der Waals surface area contributed by atoms with Crippen LogP contribution in [0.15, 0.2) is 54.6 Å². The molecule has 2 amide bonds. The summed E-state index contributed by atoms with van der Waals surface area (Å²) in [6.07, 6.45) is 0. The van der Waals surface area contributed by atoms with E-state index in [9.17, 15) is 9.59 Å². The summed E-state index contributed by atoms with van der Waals surface area (Å²) in [5.41, 5.74) is 1.90. The molecule has 0 fully saturated rings. The third-order valence-corrected chi connectivity index (χ3v) is 4.65. The van der Waals surface area contributed by atoms with Crippen molar-refractivity contribution in [3.8, 4) is 5.75 Å². The quantitative estimate of drug-likeness (QED) is 0.722. The number of rotatable bonds is 9. The first-order chi connectivity index (χ1) is 13.5. The third kappa shape index (κ3) is 5.57. The number of nitrogens with one attached hydrogen (secondary N) is 1. The molecular weight excluding hydrogens is 356 g/mol. The molecule has 1 N–H and O–H groups in total. The third-order valence-electron chi connectivity index (χ3n) is 4.65. The number of nitrogens with zero attached hydrogens (tertiary/aromatic N) is 1. The molecule has 2 aromatic rings. The summed E-state index contributed by atoms with van der Waals surface area (Å²) in [5.74, 6) is 0.292. The monoisotopic (exact) mass is 384 g/mol. The van der Waals surface area contributed by atoms with E-state index < -0.39 is 6.04 Å². The molecule has 0 aliphatic carbocycles. The molecule has 0 saturated carbocycles. The van der Waals surface area contributed by atoms with Gasteiger partial charge in [0.2, 0.25) is 11.8 Å². The number of benzene rings is 2. The summed E-state index contributed by atoms with van der Waals surface area (Å²) in [6.45, 7) is 3.87. The van der Waals surface area contributed by atoms with Crippen LogP contribution in [-0.2, 0) is 20.9 Å². The van der Waals surface area contributed by atoms with Gasteiger partial charge in [-0.25, -0.2) is 0 Å². The normalized spacial score (nSPS) is 12.7. The molecule has 0 aliphatic heterocycles. The Morgan fingerprint density at radius 1 is 1.04 bits per heavy atom. The number of carbonyl (C=O) groups is 2. The molecular formula is C22H28N2O4. The van der Waals surface area contributed by atoms with Gasteiger partial charge < -0.3 is 19.7 Å².